The minimum Gasteiger partial charge on any atom is -0.494 e. The fourth-order valence-corrected chi connectivity index (χ4v) is 4.61. The predicted octanol–water partition coefficient (Wildman–Crippen LogP) is 2.68. The lowest BCUT2D eigenvalue weighted by Gasteiger charge is -2.32. The molecule has 4 rings (SSSR count). The van der Waals surface area contributed by atoms with E-state index < -0.39 is 5.82 Å². The Labute approximate surface area is 199 Å². The molecule has 33 heavy (non-hydrogen) atoms. The number of carbonyl (C=O) groups is 2. The van der Waals surface area contributed by atoms with Crippen molar-refractivity contribution in [2.24, 2.45) is 10.9 Å². The van der Waals surface area contributed by atoms with E-state index in [-0.39, 0.29) is 41.2 Å². The lowest BCUT2D eigenvalue weighted by atomic mass is 10.0. The highest BCUT2D eigenvalue weighted by molar-refractivity contribution is 8.14. The van der Waals surface area contributed by atoms with Gasteiger partial charge >= 0.3 is 0 Å². The maximum atomic E-state index is 13.2. The maximum absolute atomic E-state index is 13.2. The van der Waals surface area contributed by atoms with Crippen molar-refractivity contribution in [3.05, 3.63) is 58.9 Å². The van der Waals surface area contributed by atoms with Crippen molar-refractivity contribution in [1.82, 2.24) is 16.2 Å². The average molecular weight is 492 g/mol. The number of aliphatic imine (C=N–C) groups is 1. The third-order valence-electron chi connectivity index (χ3n) is 5.16. The smallest absolute Gasteiger partial charge is 0.241 e. The van der Waals surface area contributed by atoms with Crippen molar-refractivity contribution >= 4 is 46.0 Å². The number of amidine groups is 1. The molecule has 2 aromatic rings. The number of benzene rings is 2. The van der Waals surface area contributed by atoms with Crippen LogP contribution >= 0.6 is 23.4 Å². The highest BCUT2D eigenvalue weighted by Crippen LogP contribution is 2.30. The molecule has 2 amide bonds. The van der Waals surface area contributed by atoms with Crippen LogP contribution in [0.15, 0.2) is 47.5 Å². The van der Waals surface area contributed by atoms with Crippen LogP contribution in [0.2, 0.25) is 5.02 Å². The first kappa shape index (κ1) is 23.5. The first-order chi connectivity index (χ1) is 16.0. The van der Waals surface area contributed by atoms with Crippen molar-refractivity contribution in [3.63, 3.8) is 0 Å². The van der Waals surface area contributed by atoms with E-state index in [1.54, 1.807) is 29.2 Å². The maximum Gasteiger partial charge on any atom is 0.241 e. The standard InChI is InChI=1S/C22H23ClFN5O3S/c1-2-32-16-7-5-15(6-8-16)29-21(31)17-11-26-28-20(17)27-22(29)33-12-19(30)25-10-13-3-4-14(24)9-18(13)23/h3-9,17,20,26,28H,2,10-12H2,1H3,(H,25,30). The number of halogens is 2. The molecule has 3 N–H and O–H groups in total. The number of hydrogen-bond acceptors (Lipinski definition) is 7. The van der Waals surface area contributed by atoms with E-state index in [9.17, 15) is 14.0 Å². The zero-order valence-corrected chi connectivity index (χ0v) is 19.4. The molecule has 0 radical (unpaired) electrons. The Balaban J connectivity index is 1.45. The Kier molecular flexibility index (Phi) is 7.49. The zero-order chi connectivity index (χ0) is 23.4. The summed E-state index contributed by atoms with van der Waals surface area (Å²) in [6.07, 6.45) is -0.389. The number of carbonyl (C=O) groups excluding carboxylic acids is 2. The highest BCUT2D eigenvalue weighted by atomic mass is 35.5. The summed E-state index contributed by atoms with van der Waals surface area (Å²) in [4.78, 5) is 31.9. The first-order valence-electron chi connectivity index (χ1n) is 10.4. The van der Waals surface area contributed by atoms with E-state index in [0.29, 0.717) is 35.3 Å². The van der Waals surface area contributed by atoms with Crippen LogP contribution in [0.1, 0.15) is 12.5 Å². The van der Waals surface area contributed by atoms with E-state index in [2.05, 4.69) is 21.2 Å². The summed E-state index contributed by atoms with van der Waals surface area (Å²) < 4.78 is 18.7. The molecule has 11 heteroatoms. The second-order valence-corrected chi connectivity index (χ2v) is 8.74. The number of thioether (sulfide) groups is 1. The van der Waals surface area contributed by atoms with Gasteiger partial charge in [-0.25, -0.2) is 14.8 Å². The first-order valence-corrected chi connectivity index (χ1v) is 11.8. The van der Waals surface area contributed by atoms with Crippen LogP contribution in [-0.4, -0.2) is 42.1 Å². The van der Waals surface area contributed by atoms with Crippen molar-refractivity contribution in [3.8, 4) is 5.75 Å². The molecular formula is C22H23ClFN5O3S. The molecule has 0 aliphatic carbocycles. The van der Waals surface area contributed by atoms with Gasteiger partial charge in [0.15, 0.2) is 5.17 Å². The number of amides is 2. The minimum atomic E-state index is -0.437. The molecular weight excluding hydrogens is 469 g/mol. The lowest BCUT2D eigenvalue weighted by molar-refractivity contribution is -0.121. The van der Waals surface area contributed by atoms with Gasteiger partial charge in [-0.05, 0) is 48.9 Å². The fraction of sp³-hybridized carbons (Fsp3) is 0.318. The van der Waals surface area contributed by atoms with Crippen molar-refractivity contribution < 1.29 is 18.7 Å². The Bertz CT molecular complexity index is 1070. The van der Waals surface area contributed by atoms with Gasteiger partial charge in [0.2, 0.25) is 11.8 Å². The average Bonchev–Trinajstić information content (AvgIpc) is 3.27. The van der Waals surface area contributed by atoms with Crippen molar-refractivity contribution in [1.29, 1.82) is 0 Å². The molecule has 0 aromatic heterocycles. The molecule has 2 atom stereocenters. The van der Waals surface area contributed by atoms with Crippen LogP contribution in [-0.2, 0) is 16.1 Å². The third-order valence-corrected chi connectivity index (χ3v) is 6.47. The molecule has 2 aliphatic heterocycles. The highest BCUT2D eigenvalue weighted by Gasteiger charge is 2.42. The van der Waals surface area contributed by atoms with E-state index in [1.165, 1.54) is 30.0 Å². The molecule has 1 fully saturated rings. The van der Waals surface area contributed by atoms with Crippen LogP contribution in [0, 0.1) is 11.7 Å². The van der Waals surface area contributed by atoms with Gasteiger partial charge in [0, 0.05) is 18.1 Å². The largest absolute Gasteiger partial charge is 0.494 e. The molecule has 2 aliphatic rings. The van der Waals surface area contributed by atoms with E-state index in [1.807, 2.05) is 6.92 Å². The van der Waals surface area contributed by atoms with Crippen molar-refractivity contribution in [2.75, 3.05) is 23.8 Å². The number of nitrogens with one attached hydrogen (secondary N) is 3. The van der Waals surface area contributed by atoms with Gasteiger partial charge in [-0.3, -0.25) is 19.9 Å². The monoisotopic (exact) mass is 491 g/mol. The van der Waals surface area contributed by atoms with Crippen LogP contribution in [0.3, 0.4) is 0 Å². The number of fused-ring (bicyclic) bond motifs is 1. The normalized spacial score (nSPS) is 19.8. The van der Waals surface area contributed by atoms with Gasteiger partial charge < -0.3 is 10.1 Å². The molecule has 1 saturated heterocycles. The molecule has 0 spiro atoms. The predicted molar refractivity (Wildman–Crippen MR) is 127 cm³/mol. The Morgan fingerprint density at radius 1 is 1.33 bits per heavy atom. The number of hydrazine groups is 1. The summed E-state index contributed by atoms with van der Waals surface area (Å²) in [5.41, 5.74) is 7.24. The third kappa shape index (κ3) is 5.47. The molecule has 0 saturated carbocycles. The zero-order valence-electron chi connectivity index (χ0n) is 17.8. The number of anilines is 1. The summed E-state index contributed by atoms with van der Waals surface area (Å²) in [6, 6.07) is 11.2. The number of nitrogens with zero attached hydrogens (tertiary/aromatic N) is 2. The fourth-order valence-electron chi connectivity index (χ4n) is 3.50. The van der Waals surface area contributed by atoms with Gasteiger partial charge in [-0.15, -0.1) is 0 Å². The summed E-state index contributed by atoms with van der Waals surface area (Å²) in [5, 5.41) is 3.44. The quantitative estimate of drug-likeness (QED) is 0.551. The molecule has 174 valence electrons. The molecule has 2 aromatic carbocycles. The summed E-state index contributed by atoms with van der Waals surface area (Å²) in [6.45, 7) is 3.09. The Morgan fingerprint density at radius 2 is 2.12 bits per heavy atom. The van der Waals surface area contributed by atoms with E-state index in [0.717, 1.165) is 0 Å². The Morgan fingerprint density at radius 3 is 2.85 bits per heavy atom. The van der Waals surface area contributed by atoms with Crippen LogP contribution in [0.5, 0.6) is 5.75 Å². The van der Waals surface area contributed by atoms with Gasteiger partial charge in [-0.2, -0.15) is 0 Å². The SMILES string of the molecule is CCOc1ccc(N2C(=O)C3CNNC3N=C2SCC(=O)NCc2ccc(F)cc2Cl)cc1. The number of rotatable bonds is 7. The lowest BCUT2D eigenvalue weighted by Crippen LogP contribution is -2.49. The molecule has 2 unspecified atom stereocenters. The topological polar surface area (TPSA) is 95.1 Å². The van der Waals surface area contributed by atoms with Gasteiger partial charge in [0.25, 0.3) is 0 Å². The van der Waals surface area contributed by atoms with Crippen molar-refractivity contribution in [2.45, 2.75) is 19.6 Å². The minimum absolute atomic E-state index is 0.0449. The summed E-state index contributed by atoms with van der Waals surface area (Å²) >= 11 is 7.18. The molecule has 0 bridgehead atoms. The van der Waals surface area contributed by atoms with E-state index in [4.69, 9.17) is 16.3 Å². The number of hydrogen-bond donors (Lipinski definition) is 3. The molecule has 2 heterocycles. The summed E-state index contributed by atoms with van der Waals surface area (Å²) in [5.74, 6) is -0.385. The molecule has 8 nitrogen and oxygen atoms in total. The van der Waals surface area contributed by atoms with Gasteiger partial charge in [0.1, 0.15) is 17.7 Å². The van der Waals surface area contributed by atoms with Crippen LogP contribution < -0.4 is 25.8 Å². The second kappa shape index (κ2) is 10.5. The summed E-state index contributed by atoms with van der Waals surface area (Å²) in [7, 11) is 0. The second-order valence-electron chi connectivity index (χ2n) is 7.39. The number of ether oxygens (including phenoxy) is 1. The van der Waals surface area contributed by atoms with E-state index >= 15 is 0 Å². The van der Waals surface area contributed by atoms with Crippen LogP contribution in [0.25, 0.3) is 0 Å². The van der Waals surface area contributed by atoms with Gasteiger partial charge in [-0.1, -0.05) is 29.4 Å². The van der Waals surface area contributed by atoms with Gasteiger partial charge in [0.05, 0.1) is 24.0 Å². The Hall–Kier alpha value is -2.66. The van der Waals surface area contributed by atoms with Crippen LogP contribution in [0.4, 0.5) is 10.1 Å².